The average Bonchev–Trinajstić information content (AvgIpc) is 3.06. The van der Waals surface area contributed by atoms with Gasteiger partial charge in [-0.05, 0) is 49.3 Å². The number of fused-ring (bicyclic) bond motifs is 1. The monoisotopic (exact) mass is 414 g/mol. The molecule has 0 spiro atoms. The highest BCUT2D eigenvalue weighted by Gasteiger charge is 2.20. The summed E-state index contributed by atoms with van der Waals surface area (Å²) in [6.45, 7) is 4.88. The quantitative estimate of drug-likeness (QED) is 0.661. The molecule has 3 aromatic rings. The van der Waals surface area contributed by atoms with Gasteiger partial charge >= 0.3 is 0 Å². The first-order chi connectivity index (χ1) is 13.8. The van der Waals surface area contributed by atoms with Gasteiger partial charge < -0.3 is 5.32 Å². The Bertz CT molecular complexity index is 1130. The van der Waals surface area contributed by atoms with Gasteiger partial charge in [-0.15, -0.1) is 0 Å². The number of primary sulfonamides is 1. The Labute approximate surface area is 170 Å². The standard InChI is InChI=1S/C20H26N6O2S/c1-13-3-6-15(7-4-13)12-26-19-16(11-23-26)10-22-20(25-19)24-17-8-5-14(2)18(9-17)29(21,27)28/h5,8-11,13,15H,3-4,6-7,12H2,1-2H3,(H2,21,27,28)(H,22,24,25). The number of anilines is 2. The van der Waals surface area contributed by atoms with Crippen molar-refractivity contribution in [3.8, 4) is 0 Å². The number of sulfonamides is 1. The molecule has 0 bridgehead atoms. The molecule has 0 saturated heterocycles. The second-order valence-electron chi connectivity index (χ2n) is 8.08. The number of nitrogens with one attached hydrogen (secondary N) is 1. The fourth-order valence-electron chi connectivity index (χ4n) is 3.93. The van der Waals surface area contributed by atoms with Gasteiger partial charge in [0, 0.05) is 18.4 Å². The van der Waals surface area contributed by atoms with Crippen molar-refractivity contribution in [3.05, 3.63) is 36.2 Å². The van der Waals surface area contributed by atoms with Crippen LogP contribution in [0.3, 0.4) is 0 Å². The fourth-order valence-corrected chi connectivity index (χ4v) is 4.74. The fraction of sp³-hybridized carbons (Fsp3) is 0.450. The van der Waals surface area contributed by atoms with E-state index in [9.17, 15) is 8.42 Å². The molecule has 0 atom stereocenters. The first kappa shape index (κ1) is 19.8. The molecule has 2 heterocycles. The summed E-state index contributed by atoms with van der Waals surface area (Å²) in [5.74, 6) is 1.83. The molecule has 8 nitrogen and oxygen atoms in total. The molecule has 0 aliphatic heterocycles. The van der Waals surface area contributed by atoms with E-state index in [1.54, 1.807) is 31.5 Å². The molecule has 1 fully saturated rings. The minimum atomic E-state index is -3.80. The number of hydrogen-bond acceptors (Lipinski definition) is 6. The maximum absolute atomic E-state index is 11.8. The van der Waals surface area contributed by atoms with Crippen molar-refractivity contribution < 1.29 is 8.42 Å². The maximum atomic E-state index is 11.8. The van der Waals surface area contributed by atoms with Gasteiger partial charge in [0.2, 0.25) is 16.0 Å². The molecule has 1 saturated carbocycles. The van der Waals surface area contributed by atoms with E-state index < -0.39 is 10.0 Å². The minimum absolute atomic E-state index is 0.0835. The van der Waals surface area contributed by atoms with Crippen molar-refractivity contribution >= 4 is 32.7 Å². The molecule has 0 radical (unpaired) electrons. The van der Waals surface area contributed by atoms with E-state index in [4.69, 9.17) is 5.14 Å². The van der Waals surface area contributed by atoms with Gasteiger partial charge in [0.25, 0.3) is 0 Å². The van der Waals surface area contributed by atoms with Gasteiger partial charge in [-0.3, -0.25) is 0 Å². The molecule has 1 aliphatic rings. The lowest BCUT2D eigenvalue weighted by atomic mass is 9.83. The molecule has 3 N–H and O–H groups in total. The van der Waals surface area contributed by atoms with Crippen LogP contribution in [-0.2, 0) is 16.6 Å². The van der Waals surface area contributed by atoms with Crippen LogP contribution in [0.25, 0.3) is 11.0 Å². The minimum Gasteiger partial charge on any atom is -0.324 e. The van der Waals surface area contributed by atoms with Crippen molar-refractivity contribution in [2.45, 2.75) is 51.0 Å². The van der Waals surface area contributed by atoms with Crippen molar-refractivity contribution in [1.29, 1.82) is 0 Å². The first-order valence-electron chi connectivity index (χ1n) is 9.88. The second-order valence-corrected chi connectivity index (χ2v) is 9.61. The van der Waals surface area contributed by atoms with Crippen molar-refractivity contribution in [2.75, 3.05) is 5.32 Å². The van der Waals surface area contributed by atoms with Crippen molar-refractivity contribution in [1.82, 2.24) is 19.7 Å². The Morgan fingerprint density at radius 3 is 2.69 bits per heavy atom. The molecule has 154 valence electrons. The predicted octanol–water partition coefficient (Wildman–Crippen LogP) is 3.35. The Kier molecular flexibility index (Phi) is 5.26. The SMILES string of the molecule is Cc1ccc(Nc2ncc3cnn(CC4CCC(C)CC4)c3n2)cc1S(N)(=O)=O. The lowest BCUT2D eigenvalue weighted by Gasteiger charge is -2.26. The molecule has 9 heteroatoms. The van der Waals surface area contributed by atoms with Crippen molar-refractivity contribution in [3.63, 3.8) is 0 Å². The lowest BCUT2D eigenvalue weighted by Crippen LogP contribution is -2.18. The van der Waals surface area contributed by atoms with Crippen LogP contribution in [0, 0.1) is 18.8 Å². The molecular weight excluding hydrogens is 388 g/mol. The van der Waals surface area contributed by atoms with Crippen LogP contribution in [0.15, 0.2) is 35.5 Å². The third-order valence-electron chi connectivity index (χ3n) is 5.69. The smallest absolute Gasteiger partial charge is 0.238 e. The van der Waals surface area contributed by atoms with Crippen LogP contribution in [0.4, 0.5) is 11.6 Å². The van der Waals surface area contributed by atoms with E-state index >= 15 is 0 Å². The van der Waals surface area contributed by atoms with Crippen LogP contribution >= 0.6 is 0 Å². The Morgan fingerprint density at radius 1 is 1.21 bits per heavy atom. The number of aryl methyl sites for hydroxylation is 1. The summed E-state index contributed by atoms with van der Waals surface area (Å²) in [5.41, 5.74) is 1.93. The van der Waals surface area contributed by atoms with E-state index in [0.717, 1.165) is 23.5 Å². The molecule has 0 unspecified atom stereocenters. The van der Waals surface area contributed by atoms with Crippen LogP contribution in [0.2, 0.25) is 0 Å². The summed E-state index contributed by atoms with van der Waals surface area (Å²) < 4.78 is 25.5. The van der Waals surface area contributed by atoms with Gasteiger partial charge in [-0.1, -0.05) is 25.8 Å². The van der Waals surface area contributed by atoms with Gasteiger partial charge in [-0.2, -0.15) is 10.1 Å². The molecular formula is C20H26N6O2S. The van der Waals surface area contributed by atoms with Crippen LogP contribution in [0.1, 0.15) is 38.2 Å². The van der Waals surface area contributed by atoms with E-state index in [0.29, 0.717) is 23.1 Å². The predicted molar refractivity (Wildman–Crippen MR) is 112 cm³/mol. The topological polar surface area (TPSA) is 116 Å². The van der Waals surface area contributed by atoms with Crippen LogP contribution < -0.4 is 10.5 Å². The first-order valence-corrected chi connectivity index (χ1v) is 11.4. The zero-order valence-corrected chi connectivity index (χ0v) is 17.5. The highest BCUT2D eigenvalue weighted by Crippen LogP contribution is 2.30. The normalized spacial score (nSPS) is 20.1. The van der Waals surface area contributed by atoms with Gasteiger partial charge in [0.15, 0.2) is 5.65 Å². The van der Waals surface area contributed by atoms with Gasteiger partial charge in [0.1, 0.15) is 0 Å². The third kappa shape index (κ3) is 4.40. The molecule has 0 amide bonds. The van der Waals surface area contributed by atoms with E-state index in [1.165, 1.54) is 31.7 Å². The average molecular weight is 415 g/mol. The number of hydrogen-bond donors (Lipinski definition) is 2. The highest BCUT2D eigenvalue weighted by atomic mass is 32.2. The van der Waals surface area contributed by atoms with Gasteiger partial charge in [0.05, 0.1) is 16.5 Å². The summed E-state index contributed by atoms with van der Waals surface area (Å²) in [6.07, 6.45) is 8.50. The molecule has 29 heavy (non-hydrogen) atoms. The second kappa shape index (κ2) is 7.72. The summed E-state index contributed by atoms with van der Waals surface area (Å²) in [7, 11) is -3.80. The number of nitrogens with zero attached hydrogens (tertiary/aromatic N) is 4. The zero-order chi connectivity index (χ0) is 20.6. The van der Waals surface area contributed by atoms with E-state index in [-0.39, 0.29) is 4.90 Å². The molecule has 1 aromatic carbocycles. The summed E-state index contributed by atoms with van der Waals surface area (Å²) in [5, 5.41) is 13.8. The maximum Gasteiger partial charge on any atom is 0.238 e. The molecule has 4 rings (SSSR count). The Morgan fingerprint density at radius 2 is 1.97 bits per heavy atom. The largest absolute Gasteiger partial charge is 0.324 e. The summed E-state index contributed by atoms with van der Waals surface area (Å²) >= 11 is 0. The summed E-state index contributed by atoms with van der Waals surface area (Å²) in [6, 6.07) is 4.98. The molecule has 1 aliphatic carbocycles. The number of nitrogens with two attached hydrogens (primary N) is 1. The highest BCUT2D eigenvalue weighted by molar-refractivity contribution is 7.89. The van der Waals surface area contributed by atoms with E-state index in [1.807, 2.05) is 4.68 Å². The van der Waals surface area contributed by atoms with Gasteiger partial charge in [-0.25, -0.2) is 23.2 Å². The van der Waals surface area contributed by atoms with Crippen LogP contribution in [0.5, 0.6) is 0 Å². The number of rotatable bonds is 5. The Balaban J connectivity index is 1.58. The van der Waals surface area contributed by atoms with Crippen LogP contribution in [-0.4, -0.2) is 28.2 Å². The molecule has 2 aromatic heterocycles. The summed E-state index contributed by atoms with van der Waals surface area (Å²) in [4.78, 5) is 9.04. The van der Waals surface area contributed by atoms with Crippen molar-refractivity contribution in [2.24, 2.45) is 17.0 Å². The number of aromatic nitrogens is 4. The zero-order valence-electron chi connectivity index (χ0n) is 16.7. The number of benzene rings is 1. The Hall–Kier alpha value is -2.52. The van der Waals surface area contributed by atoms with E-state index in [2.05, 4.69) is 27.3 Å². The lowest BCUT2D eigenvalue weighted by molar-refractivity contribution is 0.260. The third-order valence-corrected chi connectivity index (χ3v) is 6.75.